The summed E-state index contributed by atoms with van der Waals surface area (Å²) in [5, 5.41) is 2.62. The van der Waals surface area contributed by atoms with E-state index in [4.69, 9.17) is 0 Å². The Morgan fingerprint density at radius 1 is 0.459 bits per heavy atom. The van der Waals surface area contributed by atoms with Crippen molar-refractivity contribution >= 4 is 22.1 Å². The van der Waals surface area contributed by atoms with Crippen molar-refractivity contribution in [1.29, 1.82) is 0 Å². The Hall–Kier alpha value is -3.94. The minimum absolute atomic E-state index is 0.0261. The van der Waals surface area contributed by atoms with Crippen LogP contribution in [0.3, 0.4) is 0 Å². The topological polar surface area (TPSA) is 0 Å². The van der Waals surface area contributed by atoms with Gasteiger partial charge in [-0.3, -0.25) is 0 Å². The molecule has 0 fully saturated rings. The van der Waals surface area contributed by atoms with Crippen LogP contribution in [0.25, 0.3) is 53.9 Å². The molecule has 0 bridgehead atoms. The first-order valence-electron chi connectivity index (χ1n) is 12.9. The molecule has 0 saturated heterocycles. The Bertz CT molecular complexity index is 1610. The van der Waals surface area contributed by atoms with Crippen LogP contribution in [0, 0.1) is 0 Å². The van der Waals surface area contributed by atoms with Crippen molar-refractivity contribution in [3.8, 4) is 43.1 Å². The van der Waals surface area contributed by atoms with Gasteiger partial charge in [0.05, 0.1) is 0 Å². The van der Waals surface area contributed by atoms with Crippen molar-refractivity contribution < 1.29 is 0 Å². The van der Waals surface area contributed by atoms with Crippen LogP contribution >= 0.6 is 11.3 Å². The minimum atomic E-state index is 0.0261. The highest BCUT2D eigenvalue weighted by molar-refractivity contribution is 7.21. The van der Waals surface area contributed by atoms with E-state index in [-0.39, 0.29) is 5.41 Å². The summed E-state index contributed by atoms with van der Waals surface area (Å²) >= 11 is 1.91. The van der Waals surface area contributed by atoms with Gasteiger partial charge >= 0.3 is 0 Å². The van der Waals surface area contributed by atoms with E-state index in [9.17, 15) is 0 Å². The van der Waals surface area contributed by atoms with Gasteiger partial charge in [-0.15, -0.1) is 11.3 Å². The standard InChI is InChI=1S/C36H30S/c1-36(2,3)28-23-31(25-15-7-4-8-16-25)33(32(24-28)26-17-9-5-10-18-26)35-30-22-14-13-21-29(30)34(37-35)27-19-11-6-12-20-27/h4-24H,1-3H3. The maximum absolute atomic E-state index is 2.42. The first-order chi connectivity index (χ1) is 18.0. The van der Waals surface area contributed by atoms with Gasteiger partial charge in [-0.1, -0.05) is 136 Å². The fraction of sp³-hybridized carbons (Fsp3) is 0.111. The van der Waals surface area contributed by atoms with Gasteiger partial charge in [0, 0.05) is 26.1 Å². The average Bonchev–Trinajstić information content (AvgIpc) is 3.33. The normalized spacial score (nSPS) is 11.6. The van der Waals surface area contributed by atoms with Crippen molar-refractivity contribution in [3.05, 3.63) is 133 Å². The highest BCUT2D eigenvalue weighted by Crippen LogP contribution is 2.50. The van der Waals surface area contributed by atoms with Crippen LogP contribution in [0.1, 0.15) is 26.3 Å². The van der Waals surface area contributed by atoms with Crippen molar-refractivity contribution in [3.63, 3.8) is 0 Å². The quantitative estimate of drug-likeness (QED) is 0.229. The first-order valence-corrected chi connectivity index (χ1v) is 13.7. The molecule has 5 aromatic carbocycles. The van der Waals surface area contributed by atoms with Crippen LogP contribution in [0.4, 0.5) is 0 Å². The number of fused-ring (bicyclic) bond motifs is 1. The molecule has 0 aliphatic carbocycles. The van der Waals surface area contributed by atoms with E-state index in [1.165, 1.54) is 59.5 Å². The molecule has 1 aromatic heterocycles. The lowest BCUT2D eigenvalue weighted by molar-refractivity contribution is 0.591. The van der Waals surface area contributed by atoms with Gasteiger partial charge in [0.2, 0.25) is 0 Å². The van der Waals surface area contributed by atoms with Gasteiger partial charge in [0.1, 0.15) is 0 Å². The number of benzene rings is 5. The van der Waals surface area contributed by atoms with Gasteiger partial charge in [-0.2, -0.15) is 0 Å². The molecule has 0 amide bonds. The average molecular weight is 495 g/mol. The van der Waals surface area contributed by atoms with Crippen molar-refractivity contribution in [2.45, 2.75) is 26.2 Å². The molecule has 0 N–H and O–H groups in total. The molecule has 0 radical (unpaired) electrons. The Labute approximate surface area is 223 Å². The molecule has 37 heavy (non-hydrogen) atoms. The van der Waals surface area contributed by atoms with Gasteiger partial charge in [0.25, 0.3) is 0 Å². The minimum Gasteiger partial charge on any atom is -0.134 e. The van der Waals surface area contributed by atoms with Gasteiger partial charge < -0.3 is 0 Å². The van der Waals surface area contributed by atoms with E-state index in [1.54, 1.807) is 0 Å². The second-order valence-corrected chi connectivity index (χ2v) is 11.6. The smallest absolute Gasteiger partial charge is 0.0440 e. The lowest BCUT2D eigenvalue weighted by Crippen LogP contribution is -2.12. The molecule has 1 heterocycles. The molecule has 0 unspecified atom stereocenters. The summed E-state index contributed by atoms with van der Waals surface area (Å²) in [7, 11) is 0. The van der Waals surface area contributed by atoms with E-state index >= 15 is 0 Å². The van der Waals surface area contributed by atoms with Gasteiger partial charge in [-0.25, -0.2) is 0 Å². The number of hydrogen-bond donors (Lipinski definition) is 0. The van der Waals surface area contributed by atoms with E-state index in [1.807, 2.05) is 11.3 Å². The largest absolute Gasteiger partial charge is 0.134 e. The summed E-state index contributed by atoms with van der Waals surface area (Å²) in [6.45, 7) is 6.92. The summed E-state index contributed by atoms with van der Waals surface area (Å²) in [4.78, 5) is 2.65. The predicted molar refractivity (Wildman–Crippen MR) is 162 cm³/mol. The molecule has 0 atom stereocenters. The second kappa shape index (κ2) is 9.50. The van der Waals surface area contributed by atoms with Crippen molar-refractivity contribution in [1.82, 2.24) is 0 Å². The van der Waals surface area contributed by atoms with Crippen LogP contribution in [0.2, 0.25) is 0 Å². The van der Waals surface area contributed by atoms with E-state index in [0.717, 1.165) is 0 Å². The van der Waals surface area contributed by atoms with Crippen molar-refractivity contribution in [2.24, 2.45) is 0 Å². The first kappa shape index (κ1) is 23.5. The number of rotatable bonds is 4. The lowest BCUT2D eigenvalue weighted by Gasteiger charge is -2.24. The third kappa shape index (κ3) is 4.41. The third-order valence-corrected chi connectivity index (χ3v) is 8.35. The van der Waals surface area contributed by atoms with Crippen LogP contribution in [-0.2, 0) is 5.41 Å². The Morgan fingerprint density at radius 2 is 0.865 bits per heavy atom. The fourth-order valence-electron chi connectivity index (χ4n) is 5.09. The monoisotopic (exact) mass is 494 g/mol. The van der Waals surface area contributed by atoms with Gasteiger partial charge in [-0.05, 0) is 50.9 Å². The second-order valence-electron chi connectivity index (χ2n) is 10.6. The zero-order valence-corrected chi connectivity index (χ0v) is 22.3. The zero-order chi connectivity index (χ0) is 25.4. The van der Waals surface area contributed by atoms with E-state index < -0.39 is 0 Å². The summed E-state index contributed by atoms with van der Waals surface area (Å²) < 4.78 is 0. The number of thiophene rings is 1. The molecule has 0 aliphatic heterocycles. The molecule has 6 rings (SSSR count). The molecule has 1 heteroatoms. The van der Waals surface area contributed by atoms with E-state index in [2.05, 4.69) is 148 Å². The van der Waals surface area contributed by atoms with Crippen molar-refractivity contribution in [2.75, 3.05) is 0 Å². The predicted octanol–water partition coefficient (Wildman–Crippen LogP) is 10.9. The van der Waals surface area contributed by atoms with Crippen LogP contribution in [0.5, 0.6) is 0 Å². The third-order valence-electron chi connectivity index (χ3n) is 7.06. The Kier molecular flexibility index (Phi) is 6.02. The van der Waals surface area contributed by atoms with E-state index in [0.29, 0.717) is 0 Å². The molecule has 0 saturated carbocycles. The Morgan fingerprint density at radius 3 is 1.32 bits per heavy atom. The molecule has 0 spiro atoms. The lowest BCUT2D eigenvalue weighted by atomic mass is 9.80. The number of hydrogen-bond acceptors (Lipinski definition) is 1. The SMILES string of the molecule is CC(C)(C)c1cc(-c2ccccc2)c(-c2sc(-c3ccccc3)c3ccccc23)c(-c2ccccc2)c1. The van der Waals surface area contributed by atoms with Gasteiger partial charge in [0.15, 0.2) is 0 Å². The summed E-state index contributed by atoms with van der Waals surface area (Å²) in [6.07, 6.45) is 0. The maximum atomic E-state index is 2.42. The molecule has 6 aromatic rings. The molecular formula is C36H30S. The summed E-state index contributed by atoms with van der Waals surface area (Å²) in [5.74, 6) is 0. The molecule has 0 aliphatic rings. The van der Waals surface area contributed by atoms with Crippen LogP contribution in [0.15, 0.2) is 127 Å². The Balaban J connectivity index is 1.76. The summed E-state index contributed by atoms with van der Waals surface area (Å²) in [5.41, 5.74) is 9.03. The maximum Gasteiger partial charge on any atom is 0.0440 e. The highest BCUT2D eigenvalue weighted by Gasteiger charge is 2.24. The van der Waals surface area contributed by atoms with Crippen LogP contribution in [-0.4, -0.2) is 0 Å². The fourth-order valence-corrected chi connectivity index (χ4v) is 6.45. The van der Waals surface area contributed by atoms with Crippen LogP contribution < -0.4 is 0 Å². The summed E-state index contributed by atoms with van der Waals surface area (Å²) in [6, 6.07) is 46.3. The zero-order valence-electron chi connectivity index (χ0n) is 21.5. The molecule has 0 nitrogen and oxygen atoms in total. The molecule has 180 valence electrons. The highest BCUT2D eigenvalue weighted by atomic mass is 32.1. The molecular weight excluding hydrogens is 464 g/mol.